The average Bonchev–Trinajstić information content (AvgIpc) is 2.16. The molecule has 4 nitrogen and oxygen atoms in total. The first-order chi connectivity index (χ1) is 6.63. The first kappa shape index (κ1) is 10.6. The van der Waals surface area contributed by atoms with Crippen molar-refractivity contribution in [2.24, 2.45) is 0 Å². The highest BCUT2D eigenvalue weighted by atomic mass is 35.5. The predicted molar refractivity (Wildman–Crippen MR) is 52.1 cm³/mol. The summed E-state index contributed by atoms with van der Waals surface area (Å²) in [5.74, 6) is -0.696. The Morgan fingerprint density at radius 3 is 2.79 bits per heavy atom. The van der Waals surface area contributed by atoms with Crippen LogP contribution in [0.3, 0.4) is 0 Å². The number of carbonyl (C=O) groups is 1. The van der Waals surface area contributed by atoms with E-state index in [9.17, 15) is 9.90 Å². The van der Waals surface area contributed by atoms with Crippen molar-refractivity contribution in [2.75, 3.05) is 0 Å². The van der Waals surface area contributed by atoms with Crippen LogP contribution in [0.2, 0.25) is 5.02 Å². The van der Waals surface area contributed by atoms with Gasteiger partial charge in [0.15, 0.2) is 0 Å². The maximum atomic E-state index is 10.6. The number of amides is 1. The lowest BCUT2D eigenvalue weighted by Crippen LogP contribution is -2.14. The van der Waals surface area contributed by atoms with Gasteiger partial charge in [0.2, 0.25) is 0 Å². The van der Waals surface area contributed by atoms with Crippen molar-refractivity contribution < 1.29 is 15.1 Å². The molecule has 0 saturated carbocycles. The van der Waals surface area contributed by atoms with Crippen molar-refractivity contribution in [3.63, 3.8) is 0 Å². The third-order valence-electron chi connectivity index (χ3n) is 1.52. The number of hydroxylamine groups is 1. The van der Waals surface area contributed by atoms with Crippen LogP contribution in [0.15, 0.2) is 24.3 Å². The zero-order valence-corrected chi connectivity index (χ0v) is 7.82. The van der Waals surface area contributed by atoms with Gasteiger partial charge in [-0.05, 0) is 24.3 Å². The molecule has 14 heavy (non-hydrogen) atoms. The van der Waals surface area contributed by atoms with Crippen LogP contribution in [0.5, 0.6) is 5.75 Å². The molecule has 0 bridgehead atoms. The minimum Gasteiger partial charge on any atom is -0.507 e. The van der Waals surface area contributed by atoms with Crippen LogP contribution >= 0.6 is 11.6 Å². The Bertz CT molecular complexity index is 376. The second-order valence-corrected chi connectivity index (χ2v) is 2.95. The first-order valence-corrected chi connectivity index (χ1v) is 4.12. The molecular formula is C9H8ClNO3. The molecule has 5 heteroatoms. The molecular weight excluding hydrogens is 206 g/mol. The Labute approximate surface area is 85.4 Å². The van der Waals surface area contributed by atoms with Gasteiger partial charge in [0.1, 0.15) is 5.75 Å². The van der Waals surface area contributed by atoms with Gasteiger partial charge in [-0.1, -0.05) is 11.6 Å². The Morgan fingerprint density at radius 2 is 2.21 bits per heavy atom. The Kier molecular flexibility index (Phi) is 3.50. The van der Waals surface area contributed by atoms with Gasteiger partial charge in [0, 0.05) is 16.7 Å². The molecule has 0 heterocycles. The summed E-state index contributed by atoms with van der Waals surface area (Å²) < 4.78 is 0. The normalized spacial score (nSPS) is 10.4. The summed E-state index contributed by atoms with van der Waals surface area (Å²) >= 11 is 5.60. The quantitative estimate of drug-likeness (QED) is 0.397. The van der Waals surface area contributed by atoms with Gasteiger partial charge in [0.25, 0.3) is 5.91 Å². The molecule has 0 unspecified atom stereocenters. The van der Waals surface area contributed by atoms with E-state index in [2.05, 4.69) is 0 Å². The molecule has 1 aromatic rings. The van der Waals surface area contributed by atoms with Crippen molar-refractivity contribution in [3.05, 3.63) is 34.9 Å². The SMILES string of the molecule is O=C(/C=C/c1ccc(Cl)cc1O)NO. The van der Waals surface area contributed by atoms with E-state index in [0.29, 0.717) is 10.6 Å². The van der Waals surface area contributed by atoms with Crippen LogP contribution in [-0.4, -0.2) is 16.2 Å². The maximum Gasteiger partial charge on any atom is 0.267 e. The summed E-state index contributed by atoms with van der Waals surface area (Å²) in [4.78, 5) is 10.6. The third kappa shape index (κ3) is 2.76. The summed E-state index contributed by atoms with van der Waals surface area (Å²) in [5.41, 5.74) is 1.88. The van der Waals surface area contributed by atoms with Gasteiger partial charge >= 0.3 is 0 Å². The number of hydrogen-bond donors (Lipinski definition) is 3. The summed E-state index contributed by atoms with van der Waals surface area (Å²) in [6.45, 7) is 0. The van der Waals surface area contributed by atoms with Crippen LogP contribution in [0.4, 0.5) is 0 Å². The highest BCUT2D eigenvalue weighted by Crippen LogP contribution is 2.22. The molecule has 0 aliphatic carbocycles. The van der Waals surface area contributed by atoms with Crippen molar-refractivity contribution in [3.8, 4) is 5.75 Å². The standard InChI is InChI=1S/C9H8ClNO3/c10-7-3-1-6(8(12)5-7)2-4-9(13)11-14/h1-5,12,14H,(H,11,13)/b4-2+. The molecule has 1 aromatic carbocycles. The fourth-order valence-corrected chi connectivity index (χ4v) is 1.03. The molecule has 1 amide bonds. The summed E-state index contributed by atoms with van der Waals surface area (Å²) in [7, 11) is 0. The summed E-state index contributed by atoms with van der Waals surface area (Å²) in [6.07, 6.45) is 2.44. The highest BCUT2D eigenvalue weighted by Gasteiger charge is 1.98. The van der Waals surface area contributed by atoms with E-state index in [-0.39, 0.29) is 5.75 Å². The summed E-state index contributed by atoms with van der Waals surface area (Å²) in [6, 6.07) is 4.49. The first-order valence-electron chi connectivity index (χ1n) is 3.74. The maximum absolute atomic E-state index is 10.6. The fraction of sp³-hybridized carbons (Fsp3) is 0. The minimum atomic E-state index is -0.667. The monoisotopic (exact) mass is 213 g/mol. The van der Waals surface area contributed by atoms with E-state index in [1.165, 1.54) is 17.6 Å². The Balaban J connectivity index is 2.87. The summed E-state index contributed by atoms with van der Waals surface area (Å²) in [5, 5.41) is 17.9. The molecule has 74 valence electrons. The molecule has 0 saturated heterocycles. The van der Waals surface area contributed by atoms with Crippen molar-refractivity contribution in [1.82, 2.24) is 5.48 Å². The topological polar surface area (TPSA) is 69.6 Å². The Hall–Kier alpha value is -1.52. The number of phenolic OH excluding ortho intramolecular Hbond substituents is 1. The van der Waals surface area contributed by atoms with Crippen molar-refractivity contribution >= 4 is 23.6 Å². The molecule has 0 aliphatic heterocycles. The van der Waals surface area contributed by atoms with Gasteiger partial charge in [-0.2, -0.15) is 0 Å². The number of halogens is 1. The number of hydrogen-bond acceptors (Lipinski definition) is 3. The van der Waals surface area contributed by atoms with Gasteiger partial charge in [-0.25, -0.2) is 5.48 Å². The van der Waals surface area contributed by atoms with Gasteiger partial charge in [0.05, 0.1) is 0 Å². The predicted octanol–water partition coefficient (Wildman–Crippen LogP) is 1.56. The number of benzene rings is 1. The van der Waals surface area contributed by atoms with Crippen LogP contribution in [-0.2, 0) is 4.79 Å². The highest BCUT2D eigenvalue weighted by molar-refractivity contribution is 6.30. The molecule has 0 atom stereocenters. The largest absolute Gasteiger partial charge is 0.507 e. The van der Waals surface area contributed by atoms with E-state index in [1.807, 2.05) is 0 Å². The zero-order valence-electron chi connectivity index (χ0n) is 7.07. The number of phenols is 1. The van der Waals surface area contributed by atoms with Crippen molar-refractivity contribution in [2.45, 2.75) is 0 Å². The molecule has 0 spiro atoms. The van der Waals surface area contributed by atoms with E-state index in [4.69, 9.17) is 16.8 Å². The Morgan fingerprint density at radius 1 is 1.50 bits per heavy atom. The number of rotatable bonds is 2. The van der Waals surface area contributed by atoms with E-state index in [0.717, 1.165) is 6.08 Å². The molecule has 0 fully saturated rings. The second kappa shape index (κ2) is 4.64. The number of aromatic hydroxyl groups is 1. The van der Waals surface area contributed by atoms with E-state index in [1.54, 1.807) is 12.1 Å². The molecule has 1 rings (SSSR count). The lowest BCUT2D eigenvalue weighted by atomic mass is 10.2. The van der Waals surface area contributed by atoms with E-state index >= 15 is 0 Å². The number of carbonyl (C=O) groups excluding carboxylic acids is 1. The third-order valence-corrected chi connectivity index (χ3v) is 1.75. The molecule has 0 aromatic heterocycles. The van der Waals surface area contributed by atoms with Crippen LogP contribution in [0, 0.1) is 0 Å². The lowest BCUT2D eigenvalue weighted by molar-refractivity contribution is -0.124. The molecule has 3 N–H and O–H groups in total. The zero-order chi connectivity index (χ0) is 10.6. The molecule has 0 aliphatic rings. The van der Waals surface area contributed by atoms with Crippen LogP contribution in [0.25, 0.3) is 6.08 Å². The smallest absolute Gasteiger partial charge is 0.267 e. The average molecular weight is 214 g/mol. The lowest BCUT2D eigenvalue weighted by Gasteiger charge is -1.98. The van der Waals surface area contributed by atoms with Crippen LogP contribution < -0.4 is 5.48 Å². The van der Waals surface area contributed by atoms with E-state index < -0.39 is 5.91 Å². The minimum absolute atomic E-state index is 0.0283. The molecule has 0 radical (unpaired) electrons. The van der Waals surface area contributed by atoms with Crippen LogP contribution in [0.1, 0.15) is 5.56 Å². The fourth-order valence-electron chi connectivity index (χ4n) is 0.860. The van der Waals surface area contributed by atoms with Gasteiger partial charge in [-0.3, -0.25) is 10.0 Å². The number of nitrogens with one attached hydrogen (secondary N) is 1. The van der Waals surface area contributed by atoms with Gasteiger partial charge in [-0.15, -0.1) is 0 Å². The van der Waals surface area contributed by atoms with Gasteiger partial charge < -0.3 is 5.11 Å². The second-order valence-electron chi connectivity index (χ2n) is 2.51. The van der Waals surface area contributed by atoms with Crippen molar-refractivity contribution in [1.29, 1.82) is 0 Å².